The van der Waals surface area contributed by atoms with Gasteiger partial charge in [0.2, 0.25) is 0 Å². The molecular formula is C9H11N3O3. The van der Waals surface area contributed by atoms with E-state index >= 15 is 0 Å². The molecule has 0 fully saturated rings. The molecule has 1 aromatic rings. The third-order valence-corrected chi connectivity index (χ3v) is 2.37. The zero-order valence-corrected chi connectivity index (χ0v) is 8.30. The third-order valence-electron chi connectivity index (χ3n) is 2.37. The number of carbonyl (C=O) groups is 1. The minimum Gasteiger partial charge on any atom is -0.464 e. The molecule has 1 aromatic heterocycles. The molecule has 2 rings (SSSR count). The highest BCUT2D eigenvalue weighted by atomic mass is 16.5. The average Bonchev–Trinajstić information content (AvgIpc) is 2.71. The van der Waals surface area contributed by atoms with Gasteiger partial charge in [0, 0.05) is 12.6 Å². The minimum atomic E-state index is -0.478. The second-order valence-electron chi connectivity index (χ2n) is 3.28. The maximum absolute atomic E-state index is 11.2. The van der Waals surface area contributed by atoms with E-state index in [0.717, 1.165) is 13.0 Å². The smallest absolute Gasteiger partial charge is 0.358 e. The molecule has 0 saturated carbocycles. The van der Waals surface area contributed by atoms with Gasteiger partial charge in [0.15, 0.2) is 5.69 Å². The number of methoxy groups -OCH3 is 1. The number of rotatable bonds is 1. The van der Waals surface area contributed by atoms with Crippen LogP contribution in [0, 0.1) is 0 Å². The molecule has 6 nitrogen and oxygen atoms in total. The quantitative estimate of drug-likeness (QED) is 0.418. The first-order chi connectivity index (χ1) is 7.26. The Morgan fingerprint density at radius 2 is 2.53 bits per heavy atom. The number of esters is 1. The number of carbonyl (C=O) groups excluding carboxylic acids is 1. The molecule has 2 heterocycles. The van der Waals surface area contributed by atoms with Gasteiger partial charge in [0.05, 0.1) is 12.8 Å². The number of oxime groups is 1. The molecule has 0 amide bonds. The van der Waals surface area contributed by atoms with Crippen molar-refractivity contribution in [1.29, 1.82) is 0 Å². The zero-order valence-electron chi connectivity index (χ0n) is 8.30. The Bertz CT molecular complexity index is 422. The summed E-state index contributed by atoms with van der Waals surface area (Å²) < 4.78 is 6.22. The van der Waals surface area contributed by atoms with Gasteiger partial charge < -0.3 is 9.94 Å². The van der Waals surface area contributed by atoms with Gasteiger partial charge in [0.1, 0.15) is 5.71 Å². The molecule has 0 bridgehead atoms. The number of hydrogen-bond donors (Lipinski definition) is 1. The summed E-state index contributed by atoms with van der Waals surface area (Å²) in [6.45, 7) is 0.728. The first-order valence-electron chi connectivity index (χ1n) is 4.63. The maximum atomic E-state index is 11.2. The highest BCUT2D eigenvalue weighted by molar-refractivity contribution is 6.01. The van der Waals surface area contributed by atoms with Crippen LogP contribution in [-0.4, -0.2) is 33.8 Å². The number of ether oxygens (including phenoxy) is 1. The fourth-order valence-electron chi connectivity index (χ4n) is 1.65. The van der Waals surface area contributed by atoms with Crippen molar-refractivity contribution in [2.24, 2.45) is 5.16 Å². The predicted molar refractivity (Wildman–Crippen MR) is 51.1 cm³/mol. The molecule has 1 aliphatic rings. The lowest BCUT2D eigenvalue weighted by Gasteiger charge is -2.13. The number of hydrogen-bond acceptors (Lipinski definition) is 5. The van der Waals surface area contributed by atoms with Crippen molar-refractivity contribution in [1.82, 2.24) is 9.78 Å². The second kappa shape index (κ2) is 3.72. The number of aromatic nitrogens is 2. The number of nitrogens with zero attached hydrogens (tertiary/aromatic N) is 3. The van der Waals surface area contributed by atoms with Crippen LogP contribution in [0.2, 0.25) is 0 Å². The fraction of sp³-hybridized carbons (Fsp3) is 0.444. The van der Waals surface area contributed by atoms with E-state index in [9.17, 15) is 4.79 Å². The van der Waals surface area contributed by atoms with E-state index in [1.54, 1.807) is 10.7 Å². The van der Waals surface area contributed by atoms with Gasteiger partial charge in [-0.05, 0) is 12.8 Å². The van der Waals surface area contributed by atoms with Crippen molar-refractivity contribution in [3.63, 3.8) is 0 Å². The van der Waals surface area contributed by atoms with Crippen LogP contribution < -0.4 is 0 Å². The van der Waals surface area contributed by atoms with E-state index in [1.165, 1.54) is 7.11 Å². The van der Waals surface area contributed by atoms with Crippen molar-refractivity contribution in [3.8, 4) is 0 Å². The summed E-state index contributed by atoms with van der Waals surface area (Å²) in [6.07, 6.45) is 1.55. The fourth-order valence-corrected chi connectivity index (χ4v) is 1.65. The van der Waals surface area contributed by atoms with Crippen LogP contribution in [0.3, 0.4) is 0 Å². The van der Waals surface area contributed by atoms with Gasteiger partial charge >= 0.3 is 5.97 Å². The number of fused-ring (bicyclic) bond motifs is 1. The SMILES string of the molecule is COC(=O)c1cc2n(n1)CCCC2=NO. The van der Waals surface area contributed by atoms with E-state index < -0.39 is 5.97 Å². The van der Waals surface area contributed by atoms with Crippen molar-refractivity contribution >= 4 is 11.7 Å². The second-order valence-corrected chi connectivity index (χ2v) is 3.28. The lowest BCUT2D eigenvalue weighted by Crippen LogP contribution is -2.18. The summed E-state index contributed by atoms with van der Waals surface area (Å²) in [5.74, 6) is -0.478. The molecule has 0 spiro atoms. The summed E-state index contributed by atoms with van der Waals surface area (Å²) in [6, 6.07) is 1.58. The predicted octanol–water partition coefficient (Wildman–Crippen LogP) is 0.642. The highest BCUT2D eigenvalue weighted by Crippen LogP contribution is 2.16. The van der Waals surface area contributed by atoms with Crippen LogP contribution in [0.1, 0.15) is 29.0 Å². The molecule has 15 heavy (non-hydrogen) atoms. The Hall–Kier alpha value is -1.85. The Labute approximate surface area is 86.1 Å². The van der Waals surface area contributed by atoms with Crippen molar-refractivity contribution in [3.05, 3.63) is 17.5 Å². The van der Waals surface area contributed by atoms with Crippen molar-refractivity contribution < 1.29 is 14.7 Å². The Kier molecular flexibility index (Phi) is 2.40. The average molecular weight is 209 g/mol. The molecule has 6 heteroatoms. The van der Waals surface area contributed by atoms with Gasteiger partial charge in [-0.15, -0.1) is 0 Å². The molecule has 1 N–H and O–H groups in total. The molecule has 80 valence electrons. The lowest BCUT2D eigenvalue weighted by atomic mass is 10.1. The van der Waals surface area contributed by atoms with E-state index in [1.807, 2.05) is 0 Å². The number of aryl methyl sites for hydroxylation is 1. The highest BCUT2D eigenvalue weighted by Gasteiger charge is 2.21. The molecule has 0 aromatic carbocycles. The van der Waals surface area contributed by atoms with Gasteiger partial charge in [0.25, 0.3) is 0 Å². The third kappa shape index (κ3) is 1.58. The van der Waals surface area contributed by atoms with E-state index in [0.29, 0.717) is 17.8 Å². The monoisotopic (exact) mass is 209 g/mol. The molecule has 0 aliphatic carbocycles. The normalized spacial score (nSPS) is 17.5. The Morgan fingerprint density at radius 3 is 3.20 bits per heavy atom. The molecule has 0 radical (unpaired) electrons. The summed E-state index contributed by atoms with van der Waals surface area (Å²) >= 11 is 0. The topological polar surface area (TPSA) is 76.7 Å². The van der Waals surface area contributed by atoms with Crippen LogP contribution >= 0.6 is 0 Å². The molecular weight excluding hydrogens is 198 g/mol. The summed E-state index contributed by atoms with van der Waals surface area (Å²) in [7, 11) is 1.31. The largest absolute Gasteiger partial charge is 0.464 e. The van der Waals surface area contributed by atoms with Crippen LogP contribution in [0.4, 0.5) is 0 Å². The van der Waals surface area contributed by atoms with Gasteiger partial charge in [-0.25, -0.2) is 4.79 Å². The Balaban J connectivity index is 2.42. The molecule has 0 atom stereocenters. The lowest BCUT2D eigenvalue weighted by molar-refractivity contribution is 0.0593. The van der Waals surface area contributed by atoms with Crippen molar-refractivity contribution in [2.45, 2.75) is 19.4 Å². The summed E-state index contributed by atoms with van der Waals surface area (Å²) in [5.41, 5.74) is 1.49. The van der Waals surface area contributed by atoms with E-state index in [2.05, 4.69) is 15.0 Å². The van der Waals surface area contributed by atoms with Crippen LogP contribution in [0.25, 0.3) is 0 Å². The van der Waals surface area contributed by atoms with Crippen LogP contribution in [0.5, 0.6) is 0 Å². The summed E-state index contributed by atoms with van der Waals surface area (Å²) in [4.78, 5) is 11.2. The summed E-state index contributed by atoms with van der Waals surface area (Å²) in [5, 5.41) is 16.0. The molecule has 1 aliphatic heterocycles. The van der Waals surface area contributed by atoms with Gasteiger partial charge in [-0.2, -0.15) is 5.10 Å². The molecule has 0 saturated heterocycles. The van der Waals surface area contributed by atoms with Crippen LogP contribution in [0.15, 0.2) is 11.2 Å². The Morgan fingerprint density at radius 1 is 1.73 bits per heavy atom. The molecule has 0 unspecified atom stereocenters. The van der Waals surface area contributed by atoms with E-state index in [-0.39, 0.29) is 5.69 Å². The van der Waals surface area contributed by atoms with Gasteiger partial charge in [-0.1, -0.05) is 5.16 Å². The van der Waals surface area contributed by atoms with Gasteiger partial charge in [-0.3, -0.25) is 4.68 Å². The zero-order chi connectivity index (χ0) is 10.8. The maximum Gasteiger partial charge on any atom is 0.358 e. The van der Waals surface area contributed by atoms with Crippen LogP contribution in [-0.2, 0) is 11.3 Å². The van der Waals surface area contributed by atoms with E-state index in [4.69, 9.17) is 5.21 Å². The standard InChI is InChI=1S/C9H11N3O3/c1-15-9(13)7-5-8-6(11-14)3-2-4-12(8)10-7/h5,14H,2-4H2,1H3. The minimum absolute atomic E-state index is 0.246. The first-order valence-corrected chi connectivity index (χ1v) is 4.63. The first kappa shape index (κ1) is 9.70. The van der Waals surface area contributed by atoms with Crippen molar-refractivity contribution in [2.75, 3.05) is 7.11 Å².